The molecule has 86 valence electrons. The van der Waals surface area contributed by atoms with E-state index in [1.807, 2.05) is 0 Å². The summed E-state index contributed by atoms with van der Waals surface area (Å²) in [5, 5.41) is 0. The number of aldehydes is 1. The summed E-state index contributed by atoms with van der Waals surface area (Å²) in [5.41, 5.74) is 0.322. The smallest absolute Gasteiger partial charge is 0.343 e. The van der Waals surface area contributed by atoms with Gasteiger partial charge in [-0.2, -0.15) is 0 Å². The quantitative estimate of drug-likeness (QED) is 0.552. The highest BCUT2D eigenvalue weighted by Crippen LogP contribution is 2.29. The Kier molecular flexibility index (Phi) is 4.32. The second-order valence-corrected chi connectivity index (χ2v) is 2.86. The fourth-order valence-electron chi connectivity index (χ4n) is 1.13. The Bertz CT molecular complexity index is 386. The number of carbonyl (C=O) groups is 2. The Balaban J connectivity index is 2.91. The Morgan fingerprint density at radius 3 is 2.69 bits per heavy atom. The van der Waals surface area contributed by atoms with Crippen molar-refractivity contribution in [1.82, 2.24) is 0 Å². The molecular weight excluding hydrogens is 212 g/mol. The van der Waals surface area contributed by atoms with Crippen LogP contribution in [0.15, 0.2) is 18.2 Å². The number of carbonyl (C=O) groups excluding carboxylic acids is 2. The van der Waals surface area contributed by atoms with Crippen LogP contribution in [-0.2, 0) is 9.53 Å². The number of methoxy groups -OCH3 is 2. The zero-order valence-corrected chi connectivity index (χ0v) is 9.06. The predicted octanol–water partition coefficient (Wildman–Crippen LogP) is 1.06. The van der Waals surface area contributed by atoms with Crippen LogP contribution in [0.4, 0.5) is 0 Å². The lowest BCUT2D eigenvalue weighted by molar-refractivity contribution is -0.142. The molecule has 0 N–H and O–H groups in total. The molecule has 0 spiro atoms. The third-order valence-corrected chi connectivity index (χ3v) is 1.92. The van der Waals surface area contributed by atoms with E-state index < -0.39 is 5.97 Å². The van der Waals surface area contributed by atoms with Crippen molar-refractivity contribution in [2.24, 2.45) is 0 Å². The second-order valence-electron chi connectivity index (χ2n) is 2.86. The first kappa shape index (κ1) is 12.0. The number of benzene rings is 1. The van der Waals surface area contributed by atoms with E-state index >= 15 is 0 Å². The molecule has 5 nitrogen and oxygen atoms in total. The molecule has 16 heavy (non-hydrogen) atoms. The first-order valence-electron chi connectivity index (χ1n) is 4.54. The number of esters is 1. The topological polar surface area (TPSA) is 61.8 Å². The molecule has 5 heteroatoms. The largest absolute Gasteiger partial charge is 0.493 e. The third-order valence-electron chi connectivity index (χ3n) is 1.92. The van der Waals surface area contributed by atoms with Crippen molar-refractivity contribution < 1.29 is 23.8 Å². The molecule has 0 aliphatic heterocycles. The molecule has 0 saturated carbocycles. The maximum absolute atomic E-state index is 10.9. The molecule has 0 aromatic heterocycles. The van der Waals surface area contributed by atoms with Gasteiger partial charge >= 0.3 is 5.97 Å². The van der Waals surface area contributed by atoms with Gasteiger partial charge in [-0.05, 0) is 12.1 Å². The summed E-state index contributed by atoms with van der Waals surface area (Å²) in [7, 11) is 2.71. The predicted molar refractivity (Wildman–Crippen MR) is 55.9 cm³/mol. The Morgan fingerprint density at radius 1 is 1.38 bits per heavy atom. The summed E-state index contributed by atoms with van der Waals surface area (Å²) in [4.78, 5) is 21.7. The standard InChI is InChI=1S/C11H12O5/c1-14-9-5-3-4-8(6-12)11(9)16-7-10(13)15-2/h3-6H,7H2,1-2H3. The maximum atomic E-state index is 10.9. The van der Waals surface area contributed by atoms with Crippen LogP contribution in [-0.4, -0.2) is 33.1 Å². The van der Waals surface area contributed by atoms with E-state index in [4.69, 9.17) is 9.47 Å². The van der Waals surface area contributed by atoms with Crippen LogP contribution in [0.3, 0.4) is 0 Å². The summed E-state index contributed by atoms with van der Waals surface area (Å²) in [5.74, 6) is 0.113. The molecule has 0 atom stereocenters. The summed E-state index contributed by atoms with van der Waals surface area (Å²) in [6.07, 6.45) is 0.634. The summed E-state index contributed by atoms with van der Waals surface area (Å²) >= 11 is 0. The van der Waals surface area contributed by atoms with Gasteiger partial charge in [0.25, 0.3) is 0 Å². The number of hydrogen-bond acceptors (Lipinski definition) is 5. The van der Waals surface area contributed by atoms with E-state index in [0.29, 0.717) is 17.6 Å². The van der Waals surface area contributed by atoms with Gasteiger partial charge in [-0.25, -0.2) is 4.79 Å². The van der Waals surface area contributed by atoms with Gasteiger partial charge in [0, 0.05) is 0 Å². The van der Waals surface area contributed by atoms with Crippen LogP contribution >= 0.6 is 0 Å². The van der Waals surface area contributed by atoms with Gasteiger partial charge in [0.05, 0.1) is 19.8 Å². The van der Waals surface area contributed by atoms with Gasteiger partial charge in [0.1, 0.15) is 0 Å². The lowest BCUT2D eigenvalue weighted by Gasteiger charge is -2.11. The van der Waals surface area contributed by atoms with Gasteiger partial charge in [0.2, 0.25) is 0 Å². The van der Waals surface area contributed by atoms with E-state index in [2.05, 4.69) is 4.74 Å². The van der Waals surface area contributed by atoms with Crippen LogP contribution in [0.1, 0.15) is 10.4 Å². The molecule has 0 heterocycles. The van der Waals surface area contributed by atoms with E-state index in [0.717, 1.165) is 0 Å². The summed E-state index contributed by atoms with van der Waals surface area (Å²) in [6.45, 7) is -0.266. The summed E-state index contributed by atoms with van der Waals surface area (Å²) in [6, 6.07) is 4.87. The normalized spacial score (nSPS) is 9.38. The van der Waals surface area contributed by atoms with E-state index in [9.17, 15) is 9.59 Å². The number of para-hydroxylation sites is 1. The minimum absolute atomic E-state index is 0.241. The lowest BCUT2D eigenvalue weighted by Crippen LogP contribution is -2.13. The SMILES string of the molecule is COC(=O)COc1c(C=O)cccc1OC. The molecule has 0 amide bonds. The lowest BCUT2D eigenvalue weighted by atomic mass is 10.2. The highest BCUT2D eigenvalue weighted by atomic mass is 16.6. The molecule has 0 fully saturated rings. The minimum Gasteiger partial charge on any atom is -0.493 e. The molecule has 0 unspecified atom stereocenters. The molecule has 1 aromatic rings. The summed E-state index contributed by atoms with van der Waals surface area (Å²) < 4.78 is 14.6. The van der Waals surface area contributed by atoms with Crippen LogP contribution in [0.25, 0.3) is 0 Å². The zero-order valence-electron chi connectivity index (χ0n) is 9.06. The molecule has 1 aromatic carbocycles. The van der Waals surface area contributed by atoms with Crippen molar-refractivity contribution in [2.75, 3.05) is 20.8 Å². The second kappa shape index (κ2) is 5.75. The Morgan fingerprint density at radius 2 is 2.12 bits per heavy atom. The van der Waals surface area contributed by atoms with Crippen molar-refractivity contribution in [3.63, 3.8) is 0 Å². The van der Waals surface area contributed by atoms with Crippen LogP contribution in [0.5, 0.6) is 11.5 Å². The van der Waals surface area contributed by atoms with Crippen molar-refractivity contribution in [2.45, 2.75) is 0 Å². The van der Waals surface area contributed by atoms with Crippen LogP contribution in [0, 0.1) is 0 Å². The molecule has 1 rings (SSSR count). The maximum Gasteiger partial charge on any atom is 0.343 e. The molecule has 0 aliphatic carbocycles. The first-order chi connectivity index (χ1) is 7.72. The monoisotopic (exact) mass is 224 g/mol. The first-order valence-corrected chi connectivity index (χ1v) is 4.54. The van der Waals surface area contributed by atoms with E-state index in [-0.39, 0.29) is 12.4 Å². The van der Waals surface area contributed by atoms with Gasteiger partial charge in [-0.3, -0.25) is 4.79 Å². The highest BCUT2D eigenvalue weighted by molar-refractivity contribution is 5.81. The van der Waals surface area contributed by atoms with Crippen LogP contribution < -0.4 is 9.47 Å². The number of rotatable bonds is 5. The van der Waals surface area contributed by atoms with Crippen molar-refractivity contribution in [3.8, 4) is 11.5 Å². The fraction of sp³-hybridized carbons (Fsp3) is 0.273. The van der Waals surface area contributed by atoms with Gasteiger partial charge in [-0.15, -0.1) is 0 Å². The number of ether oxygens (including phenoxy) is 3. The minimum atomic E-state index is -0.525. The third kappa shape index (κ3) is 2.73. The Labute approximate surface area is 92.9 Å². The fourth-order valence-corrected chi connectivity index (χ4v) is 1.13. The molecule has 0 aliphatic rings. The number of hydrogen-bond donors (Lipinski definition) is 0. The van der Waals surface area contributed by atoms with Crippen molar-refractivity contribution >= 4 is 12.3 Å². The van der Waals surface area contributed by atoms with E-state index in [1.165, 1.54) is 14.2 Å². The Hall–Kier alpha value is -2.04. The van der Waals surface area contributed by atoms with Gasteiger partial charge in [0.15, 0.2) is 24.4 Å². The average Bonchev–Trinajstić information content (AvgIpc) is 2.35. The van der Waals surface area contributed by atoms with Gasteiger partial charge < -0.3 is 14.2 Å². The van der Waals surface area contributed by atoms with Crippen molar-refractivity contribution in [3.05, 3.63) is 23.8 Å². The van der Waals surface area contributed by atoms with E-state index in [1.54, 1.807) is 18.2 Å². The highest BCUT2D eigenvalue weighted by Gasteiger charge is 2.11. The van der Waals surface area contributed by atoms with Crippen molar-refractivity contribution in [1.29, 1.82) is 0 Å². The van der Waals surface area contributed by atoms with Crippen LogP contribution in [0.2, 0.25) is 0 Å². The average molecular weight is 224 g/mol. The molecule has 0 radical (unpaired) electrons. The molecule has 0 saturated heterocycles. The molecular formula is C11H12O5. The van der Waals surface area contributed by atoms with Gasteiger partial charge in [-0.1, -0.05) is 6.07 Å². The zero-order chi connectivity index (χ0) is 12.0. The molecule has 0 bridgehead atoms.